The first kappa shape index (κ1) is 40.5. The van der Waals surface area contributed by atoms with Crippen molar-refractivity contribution in [3.63, 3.8) is 0 Å². The van der Waals surface area contributed by atoms with E-state index in [1.807, 2.05) is 0 Å². The molecular weight excluding hydrogens is 603 g/mol. The number of carbonyl (C=O) groups is 1. The van der Waals surface area contributed by atoms with Crippen LogP contribution in [0.3, 0.4) is 0 Å². The van der Waals surface area contributed by atoms with E-state index >= 15 is 0 Å². The smallest absolute Gasteiger partial charge is 0.373 e. The predicted molar refractivity (Wildman–Crippen MR) is 150 cm³/mol. The SMILES string of the molecule is C.C.CCCCS.CCOC(=O)CCSc1ncc(Cl)nc1N.Nc1nc(Cl)cnc1Br.O=C=O. The fourth-order valence-corrected chi connectivity index (χ4v) is 3.04. The highest BCUT2D eigenvalue weighted by atomic mass is 79.9. The van der Waals surface area contributed by atoms with Crippen LogP contribution in [0.25, 0.3) is 0 Å². The molecule has 0 fully saturated rings. The summed E-state index contributed by atoms with van der Waals surface area (Å²) in [5, 5.41) is 1.14. The Morgan fingerprint density at radius 1 is 1.11 bits per heavy atom. The van der Waals surface area contributed by atoms with Gasteiger partial charge in [0.05, 0.1) is 25.4 Å². The number of anilines is 2. The number of esters is 1. The third-order valence-electron chi connectivity index (χ3n) is 2.82. The number of thiol groups is 1. The third kappa shape index (κ3) is 23.9. The van der Waals surface area contributed by atoms with Crippen LogP contribution in [0.2, 0.25) is 10.3 Å². The van der Waals surface area contributed by atoms with Gasteiger partial charge in [0, 0.05) is 5.75 Å². The Balaban J connectivity index is -0.000000215. The molecule has 4 N–H and O–H groups in total. The minimum absolute atomic E-state index is 0. The molecule has 0 saturated carbocycles. The van der Waals surface area contributed by atoms with E-state index in [1.165, 1.54) is 37.0 Å². The van der Waals surface area contributed by atoms with Crippen molar-refractivity contribution in [3.05, 3.63) is 27.3 Å². The van der Waals surface area contributed by atoms with Crippen molar-refractivity contribution in [1.82, 2.24) is 19.9 Å². The van der Waals surface area contributed by atoms with Crippen LogP contribution in [-0.4, -0.2) is 50.2 Å². The molecule has 0 atom stereocenters. The zero-order valence-corrected chi connectivity index (χ0v) is 22.8. The van der Waals surface area contributed by atoms with E-state index in [1.54, 1.807) is 6.92 Å². The minimum atomic E-state index is -0.226. The van der Waals surface area contributed by atoms with E-state index < -0.39 is 0 Å². The molecule has 0 aliphatic rings. The monoisotopic (exact) mass is 634 g/mol. The summed E-state index contributed by atoms with van der Waals surface area (Å²) >= 11 is 19.5. The second kappa shape index (κ2) is 27.0. The van der Waals surface area contributed by atoms with Crippen molar-refractivity contribution in [3.8, 4) is 0 Å². The molecule has 0 radical (unpaired) electrons. The highest BCUT2D eigenvalue weighted by Gasteiger charge is 2.06. The Bertz CT molecular complexity index is 864. The largest absolute Gasteiger partial charge is 0.466 e. The standard InChI is InChI=1S/C9H12ClN3O2S.C4H3BrClN3.C4H10S.CO2.2CH4/c1-2-15-7(14)3-4-16-9-8(11)13-6(10)5-12-9;5-3-4(7)9-2(6)1-8-3;1-2-3-4-5;2-1-3;;/h5H,2-4H2,1H3,(H2,11,13);1H,(H2,7,9);5H,2-4H2,1H3;;2*1H4. The summed E-state index contributed by atoms with van der Waals surface area (Å²) in [7, 11) is 0. The van der Waals surface area contributed by atoms with E-state index in [2.05, 4.69) is 55.4 Å². The summed E-state index contributed by atoms with van der Waals surface area (Å²) in [6.45, 7) is 4.33. The first-order valence-corrected chi connectivity index (χ1v) is 12.4. The summed E-state index contributed by atoms with van der Waals surface area (Å²) in [6, 6.07) is 0. The fourth-order valence-electron chi connectivity index (χ4n) is 1.47. The highest BCUT2D eigenvalue weighted by molar-refractivity contribution is 9.10. The van der Waals surface area contributed by atoms with Crippen molar-refractivity contribution in [2.45, 2.75) is 53.0 Å². The van der Waals surface area contributed by atoms with Crippen LogP contribution >= 0.6 is 63.5 Å². The summed E-state index contributed by atoms with van der Waals surface area (Å²) in [5.41, 5.74) is 10.9. The van der Waals surface area contributed by atoms with Gasteiger partial charge in [-0.3, -0.25) is 4.79 Å². The number of nitrogen functional groups attached to an aromatic ring is 2. The predicted octanol–water partition coefficient (Wildman–Crippen LogP) is 5.64. The number of nitrogens with two attached hydrogens (primary N) is 2. The molecule has 15 heteroatoms. The van der Waals surface area contributed by atoms with Crippen molar-refractivity contribution < 1.29 is 19.1 Å². The van der Waals surface area contributed by atoms with E-state index in [9.17, 15) is 4.79 Å². The van der Waals surface area contributed by atoms with Crippen LogP contribution in [0, 0.1) is 0 Å². The second-order valence-corrected chi connectivity index (χ2v) is 8.37. The number of ether oxygens (including phenoxy) is 1. The van der Waals surface area contributed by atoms with Crippen molar-refractivity contribution >= 4 is 87.3 Å². The van der Waals surface area contributed by atoms with Gasteiger partial charge in [-0.05, 0) is 35.0 Å². The van der Waals surface area contributed by atoms with Gasteiger partial charge >= 0.3 is 12.1 Å². The third-order valence-corrected chi connectivity index (χ3v) is 5.11. The number of halogens is 3. The highest BCUT2D eigenvalue weighted by Crippen LogP contribution is 2.22. The molecule has 35 heavy (non-hydrogen) atoms. The molecule has 2 aromatic rings. The Kier molecular flexibility index (Phi) is 31.2. The number of nitrogens with zero attached hydrogens (tertiary/aromatic N) is 4. The van der Waals surface area contributed by atoms with Gasteiger partial charge in [-0.1, -0.05) is 51.4 Å². The number of rotatable bonds is 7. The maximum Gasteiger partial charge on any atom is 0.373 e. The second-order valence-electron chi connectivity index (χ2n) is 5.32. The van der Waals surface area contributed by atoms with Crippen LogP contribution in [-0.2, 0) is 19.1 Å². The van der Waals surface area contributed by atoms with Crippen molar-refractivity contribution in [2.24, 2.45) is 0 Å². The Morgan fingerprint density at radius 2 is 1.63 bits per heavy atom. The molecule has 0 unspecified atom stereocenters. The van der Waals surface area contributed by atoms with Crippen LogP contribution in [0.4, 0.5) is 11.6 Å². The fraction of sp³-hybridized carbons (Fsp3) is 0.500. The van der Waals surface area contributed by atoms with Gasteiger partial charge in [0.15, 0.2) is 11.6 Å². The van der Waals surface area contributed by atoms with Gasteiger partial charge in [-0.2, -0.15) is 22.2 Å². The number of hydrogen-bond acceptors (Lipinski definition) is 12. The molecule has 2 aromatic heterocycles. The number of aromatic nitrogens is 4. The zero-order chi connectivity index (χ0) is 25.6. The molecule has 200 valence electrons. The summed E-state index contributed by atoms with van der Waals surface area (Å²) in [6.07, 6.45) is 5.93. The van der Waals surface area contributed by atoms with Gasteiger partial charge in [0.1, 0.15) is 19.9 Å². The Hall–Kier alpha value is -1.63. The minimum Gasteiger partial charge on any atom is -0.466 e. The molecule has 2 rings (SSSR count). The number of carbonyl (C=O) groups excluding carboxylic acids is 3. The molecular formula is C20H33BrCl2N6O4S2. The van der Waals surface area contributed by atoms with Crippen molar-refractivity contribution in [2.75, 3.05) is 29.6 Å². The zero-order valence-electron chi connectivity index (χ0n) is 18.0. The quantitative estimate of drug-likeness (QED) is 0.196. The van der Waals surface area contributed by atoms with Crippen LogP contribution in [0.5, 0.6) is 0 Å². The van der Waals surface area contributed by atoms with E-state index in [-0.39, 0.29) is 37.9 Å². The maximum absolute atomic E-state index is 11.0. The Morgan fingerprint density at radius 3 is 2.00 bits per heavy atom. The lowest BCUT2D eigenvalue weighted by molar-refractivity contribution is -0.191. The maximum atomic E-state index is 11.0. The molecule has 0 aliphatic heterocycles. The lowest BCUT2D eigenvalue weighted by atomic mass is 10.4. The molecule has 0 bridgehead atoms. The molecule has 0 spiro atoms. The number of thioether (sulfide) groups is 1. The normalized spacial score (nSPS) is 8.51. The molecule has 10 nitrogen and oxygen atoms in total. The number of unbranched alkanes of at least 4 members (excludes halogenated alkanes) is 1. The van der Waals surface area contributed by atoms with Crippen LogP contribution < -0.4 is 11.5 Å². The number of hydrogen-bond donors (Lipinski definition) is 3. The van der Waals surface area contributed by atoms with Crippen molar-refractivity contribution in [1.29, 1.82) is 0 Å². The van der Waals surface area contributed by atoms with Crippen LogP contribution in [0.1, 0.15) is 48.0 Å². The Labute approximate surface area is 235 Å². The van der Waals surface area contributed by atoms with E-state index in [0.29, 0.717) is 39.4 Å². The van der Waals surface area contributed by atoms with E-state index in [0.717, 1.165) is 5.75 Å². The topological polar surface area (TPSA) is 164 Å². The molecule has 0 aromatic carbocycles. The van der Waals surface area contributed by atoms with Gasteiger partial charge in [-0.15, -0.1) is 11.8 Å². The molecule has 2 heterocycles. The summed E-state index contributed by atoms with van der Waals surface area (Å²) in [4.78, 5) is 42.6. The van der Waals surface area contributed by atoms with Crippen LogP contribution in [0.15, 0.2) is 22.0 Å². The average molecular weight is 636 g/mol. The van der Waals surface area contributed by atoms with Gasteiger partial charge in [-0.25, -0.2) is 19.9 Å². The lowest BCUT2D eigenvalue weighted by Gasteiger charge is -2.03. The molecule has 0 saturated heterocycles. The summed E-state index contributed by atoms with van der Waals surface area (Å²) in [5.74, 6) is 1.95. The summed E-state index contributed by atoms with van der Waals surface area (Å²) < 4.78 is 5.31. The first-order chi connectivity index (χ1) is 15.7. The van der Waals surface area contributed by atoms with Gasteiger partial charge in [0.2, 0.25) is 0 Å². The average Bonchev–Trinajstić information content (AvgIpc) is 2.75. The first-order valence-electron chi connectivity index (χ1n) is 9.26. The van der Waals surface area contributed by atoms with Gasteiger partial charge < -0.3 is 16.2 Å². The molecule has 0 aliphatic carbocycles. The van der Waals surface area contributed by atoms with Gasteiger partial charge in [0.25, 0.3) is 0 Å². The lowest BCUT2D eigenvalue weighted by Crippen LogP contribution is -2.05. The molecule has 0 amide bonds. The van der Waals surface area contributed by atoms with E-state index in [4.69, 9.17) is 49.0 Å².